The Morgan fingerprint density at radius 3 is 2.78 bits per heavy atom. The number of hydrogen-bond donors (Lipinski definition) is 1. The number of nitrogens with zero attached hydrogens (tertiary/aromatic N) is 1. The molecule has 0 aliphatic heterocycles. The number of hydrogen-bond acceptors (Lipinski definition) is 4. The second kappa shape index (κ2) is 6.11. The van der Waals surface area contributed by atoms with E-state index in [0.29, 0.717) is 5.56 Å². The van der Waals surface area contributed by atoms with E-state index < -0.39 is 11.0 Å². The number of nitro benzene ring substituents is 1. The van der Waals surface area contributed by atoms with Crippen LogP contribution in [0, 0.1) is 17.0 Å². The monoisotopic (exact) mass is 252 g/mol. The molecule has 0 aliphatic carbocycles. The van der Waals surface area contributed by atoms with Gasteiger partial charge in [0.15, 0.2) is 0 Å². The van der Waals surface area contributed by atoms with E-state index in [0.717, 1.165) is 5.56 Å². The smallest absolute Gasteiger partial charge is 0.272 e. The molecular weight excluding hydrogens is 236 g/mol. The second-order valence-electron chi connectivity index (χ2n) is 3.91. The molecule has 1 rings (SSSR count). The number of nitrogens with one attached hydrogen (secondary N) is 1. The SMILES string of the molecule is COC(C)C(=O)NCc1cccc([N+](=O)[O-])c1C. The molecule has 0 radical (unpaired) electrons. The van der Waals surface area contributed by atoms with Gasteiger partial charge < -0.3 is 10.1 Å². The number of benzene rings is 1. The topological polar surface area (TPSA) is 81.5 Å². The van der Waals surface area contributed by atoms with Crippen molar-refractivity contribution in [3.8, 4) is 0 Å². The highest BCUT2D eigenvalue weighted by molar-refractivity contribution is 5.80. The standard InChI is InChI=1S/C12H16N2O4/c1-8-10(5-4-6-11(8)14(16)17)7-13-12(15)9(2)18-3/h4-6,9H,7H2,1-3H3,(H,13,15). The number of rotatable bonds is 5. The second-order valence-corrected chi connectivity index (χ2v) is 3.91. The van der Waals surface area contributed by atoms with Crippen LogP contribution in [0.25, 0.3) is 0 Å². The van der Waals surface area contributed by atoms with Crippen LogP contribution in [0.5, 0.6) is 0 Å². The zero-order valence-electron chi connectivity index (χ0n) is 10.6. The molecule has 6 heteroatoms. The van der Waals surface area contributed by atoms with Crippen LogP contribution < -0.4 is 5.32 Å². The highest BCUT2D eigenvalue weighted by Gasteiger charge is 2.15. The van der Waals surface area contributed by atoms with Gasteiger partial charge in [-0.1, -0.05) is 12.1 Å². The summed E-state index contributed by atoms with van der Waals surface area (Å²) in [4.78, 5) is 21.8. The molecule has 1 unspecified atom stereocenters. The Morgan fingerprint density at radius 1 is 1.56 bits per heavy atom. The molecule has 0 saturated heterocycles. The average Bonchev–Trinajstić information content (AvgIpc) is 2.35. The van der Waals surface area contributed by atoms with Crippen molar-refractivity contribution in [1.82, 2.24) is 5.32 Å². The van der Waals surface area contributed by atoms with Gasteiger partial charge in [-0.2, -0.15) is 0 Å². The fourth-order valence-corrected chi connectivity index (χ4v) is 1.49. The van der Waals surface area contributed by atoms with Gasteiger partial charge in [-0.05, 0) is 19.4 Å². The maximum atomic E-state index is 11.5. The van der Waals surface area contributed by atoms with E-state index in [1.54, 1.807) is 26.0 Å². The summed E-state index contributed by atoms with van der Waals surface area (Å²) in [5.74, 6) is -0.247. The van der Waals surface area contributed by atoms with Crippen LogP contribution in [-0.4, -0.2) is 24.0 Å². The molecular formula is C12H16N2O4. The Balaban J connectivity index is 2.77. The summed E-state index contributed by atoms with van der Waals surface area (Å²) in [6.07, 6.45) is -0.538. The lowest BCUT2D eigenvalue weighted by atomic mass is 10.1. The summed E-state index contributed by atoms with van der Waals surface area (Å²) in [6, 6.07) is 4.80. The number of carbonyl (C=O) groups excluding carboxylic acids is 1. The van der Waals surface area contributed by atoms with E-state index in [4.69, 9.17) is 4.74 Å². The summed E-state index contributed by atoms with van der Waals surface area (Å²) >= 11 is 0. The van der Waals surface area contributed by atoms with Crippen LogP contribution in [0.15, 0.2) is 18.2 Å². The number of nitro groups is 1. The van der Waals surface area contributed by atoms with Crippen LogP contribution in [0.3, 0.4) is 0 Å². The Kier molecular flexibility index (Phi) is 4.79. The summed E-state index contributed by atoms with van der Waals surface area (Å²) < 4.78 is 4.87. The van der Waals surface area contributed by atoms with Gasteiger partial charge in [-0.15, -0.1) is 0 Å². The molecule has 0 saturated carbocycles. The molecule has 1 aromatic carbocycles. The third-order valence-electron chi connectivity index (χ3n) is 2.79. The van der Waals surface area contributed by atoms with E-state index in [-0.39, 0.29) is 18.1 Å². The summed E-state index contributed by atoms with van der Waals surface area (Å²) in [7, 11) is 1.45. The number of carbonyl (C=O) groups is 1. The maximum Gasteiger partial charge on any atom is 0.272 e. The Morgan fingerprint density at radius 2 is 2.22 bits per heavy atom. The van der Waals surface area contributed by atoms with Crippen molar-refractivity contribution in [2.24, 2.45) is 0 Å². The quantitative estimate of drug-likeness (QED) is 0.636. The molecule has 1 aromatic rings. The lowest BCUT2D eigenvalue weighted by Gasteiger charge is -2.11. The summed E-state index contributed by atoms with van der Waals surface area (Å²) in [6.45, 7) is 3.55. The van der Waals surface area contributed by atoms with Gasteiger partial charge >= 0.3 is 0 Å². The average molecular weight is 252 g/mol. The third-order valence-corrected chi connectivity index (χ3v) is 2.79. The Bertz CT molecular complexity index is 459. The van der Waals surface area contributed by atoms with Gasteiger partial charge in [0.25, 0.3) is 5.69 Å². The van der Waals surface area contributed by atoms with Crippen molar-refractivity contribution >= 4 is 11.6 Å². The lowest BCUT2D eigenvalue weighted by Crippen LogP contribution is -2.33. The molecule has 0 aliphatic rings. The van der Waals surface area contributed by atoms with Gasteiger partial charge in [0.1, 0.15) is 6.10 Å². The fourth-order valence-electron chi connectivity index (χ4n) is 1.49. The molecule has 0 spiro atoms. The first-order chi connectivity index (χ1) is 8.47. The van der Waals surface area contributed by atoms with Crippen molar-refractivity contribution < 1.29 is 14.5 Å². The van der Waals surface area contributed by atoms with Crippen molar-refractivity contribution in [3.05, 3.63) is 39.4 Å². The van der Waals surface area contributed by atoms with Gasteiger partial charge in [-0.3, -0.25) is 14.9 Å². The number of amides is 1. The fraction of sp³-hybridized carbons (Fsp3) is 0.417. The summed E-state index contributed by atoms with van der Waals surface area (Å²) in [5, 5.41) is 13.4. The first-order valence-electron chi connectivity index (χ1n) is 5.50. The van der Waals surface area contributed by atoms with E-state index in [1.165, 1.54) is 13.2 Å². The van der Waals surface area contributed by atoms with Crippen molar-refractivity contribution in [2.45, 2.75) is 26.5 Å². The maximum absolute atomic E-state index is 11.5. The molecule has 98 valence electrons. The molecule has 1 N–H and O–H groups in total. The van der Waals surface area contributed by atoms with Crippen LogP contribution >= 0.6 is 0 Å². The molecule has 0 bridgehead atoms. The summed E-state index contributed by atoms with van der Waals surface area (Å²) in [5.41, 5.74) is 1.34. The van der Waals surface area contributed by atoms with E-state index in [9.17, 15) is 14.9 Å². The van der Waals surface area contributed by atoms with Gasteiger partial charge in [0.05, 0.1) is 4.92 Å². The van der Waals surface area contributed by atoms with Crippen molar-refractivity contribution in [2.75, 3.05) is 7.11 Å². The van der Waals surface area contributed by atoms with Gasteiger partial charge in [0.2, 0.25) is 5.91 Å². The van der Waals surface area contributed by atoms with Gasteiger partial charge in [0, 0.05) is 25.3 Å². The Labute approximate surface area is 105 Å². The first kappa shape index (κ1) is 14.1. The molecule has 6 nitrogen and oxygen atoms in total. The normalized spacial score (nSPS) is 11.9. The molecule has 1 atom stereocenters. The van der Waals surface area contributed by atoms with E-state index in [1.807, 2.05) is 0 Å². The van der Waals surface area contributed by atoms with Crippen molar-refractivity contribution in [1.29, 1.82) is 0 Å². The zero-order valence-corrected chi connectivity index (χ0v) is 10.6. The predicted molar refractivity (Wildman–Crippen MR) is 66.2 cm³/mol. The minimum atomic E-state index is -0.538. The van der Waals surface area contributed by atoms with Gasteiger partial charge in [-0.25, -0.2) is 0 Å². The lowest BCUT2D eigenvalue weighted by molar-refractivity contribution is -0.385. The van der Waals surface area contributed by atoms with Crippen LogP contribution in [-0.2, 0) is 16.1 Å². The van der Waals surface area contributed by atoms with Crippen LogP contribution in [0.1, 0.15) is 18.1 Å². The van der Waals surface area contributed by atoms with Crippen LogP contribution in [0.2, 0.25) is 0 Å². The molecule has 0 heterocycles. The highest BCUT2D eigenvalue weighted by atomic mass is 16.6. The molecule has 18 heavy (non-hydrogen) atoms. The highest BCUT2D eigenvalue weighted by Crippen LogP contribution is 2.20. The van der Waals surface area contributed by atoms with Crippen LogP contribution in [0.4, 0.5) is 5.69 Å². The largest absolute Gasteiger partial charge is 0.372 e. The molecule has 0 fully saturated rings. The predicted octanol–water partition coefficient (Wildman–Crippen LogP) is 1.55. The molecule has 1 amide bonds. The zero-order chi connectivity index (χ0) is 13.7. The minimum Gasteiger partial charge on any atom is -0.372 e. The molecule has 0 aromatic heterocycles. The van der Waals surface area contributed by atoms with Crippen molar-refractivity contribution in [3.63, 3.8) is 0 Å². The number of methoxy groups -OCH3 is 1. The minimum absolute atomic E-state index is 0.0570. The number of ether oxygens (including phenoxy) is 1. The third kappa shape index (κ3) is 3.27. The van der Waals surface area contributed by atoms with E-state index in [2.05, 4.69) is 5.32 Å². The Hall–Kier alpha value is -1.95. The van der Waals surface area contributed by atoms with E-state index >= 15 is 0 Å². The first-order valence-corrected chi connectivity index (χ1v) is 5.50.